The highest BCUT2D eigenvalue weighted by atomic mass is 79.9. The lowest BCUT2D eigenvalue weighted by Gasteiger charge is -2.31. The Morgan fingerprint density at radius 3 is 2.63 bits per heavy atom. The second kappa shape index (κ2) is 9.83. The Hall–Kier alpha value is -1.38. The summed E-state index contributed by atoms with van der Waals surface area (Å²) >= 11 is 4.92. The van der Waals surface area contributed by atoms with Crippen LogP contribution < -0.4 is 4.90 Å². The van der Waals surface area contributed by atoms with Gasteiger partial charge in [-0.15, -0.1) is 10.2 Å². The number of thioether (sulfide) groups is 1. The summed E-state index contributed by atoms with van der Waals surface area (Å²) in [5.74, 6) is 1.78. The Morgan fingerprint density at radius 1 is 1.23 bits per heavy atom. The molecule has 0 saturated carbocycles. The fourth-order valence-corrected chi connectivity index (χ4v) is 5.22. The summed E-state index contributed by atoms with van der Waals surface area (Å²) < 4.78 is 9.05. The van der Waals surface area contributed by atoms with Gasteiger partial charge in [0.25, 0.3) is 0 Å². The summed E-state index contributed by atoms with van der Waals surface area (Å²) in [6.45, 7) is 7.83. The number of Topliss-reactive ketones (excluding diaryl/α,β-unsaturated/α-hetero) is 1. The molecule has 2 saturated heterocycles. The maximum atomic E-state index is 12.9. The first kappa shape index (κ1) is 21.8. The van der Waals surface area contributed by atoms with E-state index in [1.807, 2.05) is 31.2 Å². The molecular weight excluding hydrogens is 464 g/mol. The molecule has 8 heteroatoms. The molecule has 4 rings (SSSR count). The van der Waals surface area contributed by atoms with E-state index in [0.717, 1.165) is 60.6 Å². The molecule has 2 fully saturated rings. The first-order valence-electron chi connectivity index (χ1n) is 10.8. The standard InChI is InChI=1S/C22H29BrN4O2S/c1-15-9-11-26(12-10-15)21-24-25-22(27(21)14-19-4-3-13-29-19)30-16(2)20(28)17-5-7-18(23)8-6-17/h5-8,15-16,19H,3-4,9-14H2,1-2H3/t16-,19-/m1/s1. The Morgan fingerprint density at radius 2 is 1.97 bits per heavy atom. The van der Waals surface area contributed by atoms with Gasteiger partial charge < -0.3 is 9.64 Å². The third-order valence-corrected chi connectivity index (χ3v) is 7.56. The largest absolute Gasteiger partial charge is 0.376 e. The van der Waals surface area contributed by atoms with Crippen LogP contribution in [0.25, 0.3) is 0 Å². The van der Waals surface area contributed by atoms with E-state index in [9.17, 15) is 4.79 Å². The molecule has 0 spiro atoms. The van der Waals surface area contributed by atoms with E-state index >= 15 is 0 Å². The van der Waals surface area contributed by atoms with Gasteiger partial charge in [-0.1, -0.05) is 46.7 Å². The van der Waals surface area contributed by atoms with Crippen LogP contribution in [-0.2, 0) is 11.3 Å². The molecule has 0 bridgehead atoms. The predicted molar refractivity (Wildman–Crippen MR) is 123 cm³/mol. The maximum absolute atomic E-state index is 12.9. The van der Waals surface area contributed by atoms with Gasteiger partial charge in [0.15, 0.2) is 10.9 Å². The van der Waals surface area contributed by atoms with Crippen molar-refractivity contribution < 1.29 is 9.53 Å². The average Bonchev–Trinajstić information content (AvgIpc) is 3.40. The highest BCUT2D eigenvalue weighted by Gasteiger charge is 2.28. The summed E-state index contributed by atoms with van der Waals surface area (Å²) in [5, 5.41) is 9.61. The number of hydrogen-bond donors (Lipinski definition) is 0. The molecular formula is C22H29BrN4O2S. The Bertz CT molecular complexity index is 859. The van der Waals surface area contributed by atoms with Crippen LogP contribution in [0.3, 0.4) is 0 Å². The number of carbonyl (C=O) groups is 1. The van der Waals surface area contributed by atoms with Gasteiger partial charge >= 0.3 is 0 Å². The number of rotatable bonds is 7. The number of piperidine rings is 1. The van der Waals surface area contributed by atoms with Crippen LogP contribution in [-0.4, -0.2) is 51.6 Å². The van der Waals surface area contributed by atoms with Crippen molar-refractivity contribution in [3.63, 3.8) is 0 Å². The van der Waals surface area contributed by atoms with Crippen molar-refractivity contribution in [3.05, 3.63) is 34.3 Å². The van der Waals surface area contributed by atoms with Crippen molar-refractivity contribution in [2.75, 3.05) is 24.6 Å². The van der Waals surface area contributed by atoms with Gasteiger partial charge in [-0.25, -0.2) is 0 Å². The second-order valence-corrected chi connectivity index (χ2v) is 10.6. The number of ketones is 1. The third kappa shape index (κ3) is 5.08. The lowest BCUT2D eigenvalue weighted by molar-refractivity contribution is 0.0951. The number of anilines is 1. The number of ether oxygens (including phenoxy) is 1. The number of aromatic nitrogens is 3. The van der Waals surface area contributed by atoms with E-state index in [0.29, 0.717) is 5.56 Å². The van der Waals surface area contributed by atoms with Crippen LogP contribution in [0.15, 0.2) is 33.9 Å². The molecule has 1 aromatic carbocycles. The molecule has 0 N–H and O–H groups in total. The summed E-state index contributed by atoms with van der Waals surface area (Å²) in [4.78, 5) is 15.3. The zero-order valence-corrected chi connectivity index (χ0v) is 20.0. The van der Waals surface area contributed by atoms with Crippen LogP contribution in [0.5, 0.6) is 0 Å². The van der Waals surface area contributed by atoms with Crippen LogP contribution in [0, 0.1) is 5.92 Å². The first-order valence-corrected chi connectivity index (χ1v) is 12.4. The van der Waals surface area contributed by atoms with E-state index in [1.165, 1.54) is 24.6 Å². The smallest absolute Gasteiger partial charge is 0.228 e. The van der Waals surface area contributed by atoms with E-state index in [-0.39, 0.29) is 17.1 Å². The predicted octanol–water partition coefficient (Wildman–Crippen LogP) is 4.82. The van der Waals surface area contributed by atoms with Crippen molar-refractivity contribution in [1.82, 2.24) is 14.8 Å². The molecule has 1 aromatic heterocycles. The van der Waals surface area contributed by atoms with Gasteiger partial charge in [0.1, 0.15) is 0 Å². The van der Waals surface area contributed by atoms with Gasteiger partial charge in [-0.05, 0) is 50.7 Å². The summed E-state index contributed by atoms with van der Waals surface area (Å²) in [6.07, 6.45) is 4.71. The third-order valence-electron chi connectivity index (χ3n) is 5.95. The van der Waals surface area contributed by atoms with Crippen molar-refractivity contribution in [2.24, 2.45) is 5.92 Å². The normalized spacial score (nSPS) is 21.2. The lowest BCUT2D eigenvalue weighted by atomic mass is 10.00. The van der Waals surface area contributed by atoms with Gasteiger partial charge in [0.2, 0.25) is 5.95 Å². The van der Waals surface area contributed by atoms with Gasteiger partial charge in [-0.2, -0.15) is 0 Å². The number of carbonyl (C=O) groups excluding carboxylic acids is 1. The molecule has 0 amide bonds. The SMILES string of the molecule is CC1CCN(c2nnc(S[C@H](C)C(=O)c3ccc(Br)cc3)n2C[C@H]2CCCO2)CC1. The molecule has 2 aliphatic rings. The van der Waals surface area contributed by atoms with Gasteiger partial charge in [-0.3, -0.25) is 9.36 Å². The van der Waals surface area contributed by atoms with E-state index in [4.69, 9.17) is 4.74 Å². The minimum atomic E-state index is -0.243. The fraction of sp³-hybridized carbons (Fsp3) is 0.591. The van der Waals surface area contributed by atoms with Crippen LogP contribution in [0.4, 0.5) is 5.95 Å². The number of nitrogens with zero attached hydrogens (tertiary/aromatic N) is 4. The Labute approximate surface area is 190 Å². The monoisotopic (exact) mass is 492 g/mol. The number of benzene rings is 1. The highest BCUT2D eigenvalue weighted by Crippen LogP contribution is 2.31. The molecule has 2 aromatic rings. The second-order valence-electron chi connectivity index (χ2n) is 8.33. The van der Waals surface area contributed by atoms with Crippen LogP contribution in [0.1, 0.15) is 49.9 Å². The number of halogens is 1. The van der Waals surface area contributed by atoms with E-state index in [1.54, 1.807) is 0 Å². The molecule has 0 unspecified atom stereocenters. The van der Waals surface area contributed by atoms with Crippen molar-refractivity contribution >= 4 is 39.4 Å². The molecule has 2 atom stereocenters. The van der Waals surface area contributed by atoms with Crippen LogP contribution in [0.2, 0.25) is 0 Å². The molecule has 162 valence electrons. The zero-order valence-electron chi connectivity index (χ0n) is 17.6. The number of hydrogen-bond acceptors (Lipinski definition) is 6. The van der Waals surface area contributed by atoms with Gasteiger partial charge in [0, 0.05) is 29.7 Å². The van der Waals surface area contributed by atoms with Crippen molar-refractivity contribution in [2.45, 2.75) is 62.6 Å². The maximum Gasteiger partial charge on any atom is 0.228 e. The fourth-order valence-electron chi connectivity index (χ4n) is 4.02. The molecule has 0 aliphatic carbocycles. The van der Waals surface area contributed by atoms with E-state index < -0.39 is 0 Å². The van der Waals surface area contributed by atoms with Gasteiger partial charge in [0.05, 0.1) is 17.9 Å². The zero-order chi connectivity index (χ0) is 21.1. The summed E-state index contributed by atoms with van der Waals surface area (Å²) in [6, 6.07) is 7.53. The molecule has 2 aliphatic heterocycles. The molecule has 6 nitrogen and oxygen atoms in total. The Kier molecular flexibility index (Phi) is 7.16. The minimum absolute atomic E-state index is 0.104. The average molecular weight is 493 g/mol. The molecule has 30 heavy (non-hydrogen) atoms. The minimum Gasteiger partial charge on any atom is -0.376 e. The lowest BCUT2D eigenvalue weighted by Crippen LogP contribution is -2.35. The Balaban J connectivity index is 1.53. The topological polar surface area (TPSA) is 60.2 Å². The summed E-state index contributed by atoms with van der Waals surface area (Å²) in [5.41, 5.74) is 0.716. The van der Waals surface area contributed by atoms with Crippen molar-refractivity contribution in [1.29, 1.82) is 0 Å². The van der Waals surface area contributed by atoms with Crippen LogP contribution >= 0.6 is 27.7 Å². The molecule has 0 radical (unpaired) electrons. The first-order chi connectivity index (χ1) is 14.5. The summed E-state index contributed by atoms with van der Waals surface area (Å²) in [7, 11) is 0. The highest BCUT2D eigenvalue weighted by molar-refractivity contribution is 9.10. The quantitative estimate of drug-likeness (QED) is 0.407. The molecule has 3 heterocycles. The van der Waals surface area contributed by atoms with Crippen molar-refractivity contribution in [3.8, 4) is 0 Å². The van der Waals surface area contributed by atoms with E-state index in [2.05, 4.69) is 42.5 Å².